The molecule has 1 fully saturated rings. The topological polar surface area (TPSA) is 49.4 Å². The maximum absolute atomic E-state index is 12.1. The molecular formula is C17H20N2O2S. The highest BCUT2D eigenvalue weighted by Gasteiger charge is 2.27. The first-order chi connectivity index (χ1) is 10.6. The van der Waals surface area contributed by atoms with Gasteiger partial charge in [-0.25, -0.2) is 0 Å². The molecule has 0 unspecified atom stereocenters. The minimum absolute atomic E-state index is 0.0513. The van der Waals surface area contributed by atoms with Crippen molar-refractivity contribution in [3.05, 3.63) is 35.4 Å². The van der Waals surface area contributed by atoms with Crippen molar-refractivity contribution in [2.75, 3.05) is 18.8 Å². The van der Waals surface area contributed by atoms with Gasteiger partial charge in [0.2, 0.25) is 11.0 Å². The molecule has 4 nitrogen and oxygen atoms in total. The van der Waals surface area contributed by atoms with Gasteiger partial charge in [-0.1, -0.05) is 47.5 Å². The number of aryl methyl sites for hydroxylation is 1. The van der Waals surface area contributed by atoms with Gasteiger partial charge in [0.05, 0.1) is 19.1 Å². The lowest BCUT2D eigenvalue weighted by Gasteiger charge is -2.20. The third-order valence-corrected chi connectivity index (χ3v) is 4.49. The van der Waals surface area contributed by atoms with Crippen LogP contribution in [0.3, 0.4) is 0 Å². The van der Waals surface area contributed by atoms with Crippen molar-refractivity contribution in [2.24, 2.45) is 0 Å². The number of benzene rings is 1. The van der Waals surface area contributed by atoms with Crippen LogP contribution < -0.4 is 5.32 Å². The first-order valence-corrected chi connectivity index (χ1v) is 8.24. The molecule has 1 aliphatic heterocycles. The summed E-state index contributed by atoms with van der Waals surface area (Å²) in [5, 5.41) is 2.84. The lowest BCUT2D eigenvalue weighted by atomic mass is 10.1. The normalized spacial score (nSPS) is 17.5. The Labute approximate surface area is 135 Å². The minimum atomic E-state index is -0.343. The predicted molar refractivity (Wildman–Crippen MR) is 89.3 cm³/mol. The number of hydrogen-bond donors (Lipinski definition) is 1. The Hall–Kier alpha value is -1.77. The van der Waals surface area contributed by atoms with E-state index in [1.54, 1.807) is 0 Å². The maximum atomic E-state index is 12.1. The number of nitrogens with zero attached hydrogens (tertiary/aromatic N) is 1. The number of thioether (sulfide) groups is 1. The highest BCUT2D eigenvalue weighted by molar-refractivity contribution is 8.14. The molecule has 1 saturated heterocycles. The van der Waals surface area contributed by atoms with Gasteiger partial charge < -0.3 is 5.32 Å². The molecule has 1 atom stereocenters. The quantitative estimate of drug-likeness (QED) is 0.810. The number of rotatable bonds is 6. The van der Waals surface area contributed by atoms with Crippen LogP contribution in [0.5, 0.6) is 0 Å². The third kappa shape index (κ3) is 4.90. The molecule has 0 aliphatic carbocycles. The second-order valence-corrected chi connectivity index (χ2v) is 6.51. The van der Waals surface area contributed by atoms with Crippen LogP contribution in [0.1, 0.15) is 17.5 Å². The summed E-state index contributed by atoms with van der Waals surface area (Å²) >= 11 is 1.28. The van der Waals surface area contributed by atoms with Gasteiger partial charge in [-0.2, -0.15) is 0 Å². The SMILES string of the molecule is C#CCN(CC(=O)N[C@H]1CCSC1=O)Cc1ccc(C)cc1. The molecular weight excluding hydrogens is 296 g/mol. The zero-order valence-corrected chi connectivity index (χ0v) is 13.5. The average molecular weight is 316 g/mol. The molecule has 1 N–H and O–H groups in total. The van der Waals surface area contributed by atoms with Crippen molar-refractivity contribution in [2.45, 2.75) is 25.9 Å². The van der Waals surface area contributed by atoms with Gasteiger partial charge in [0.25, 0.3) is 0 Å². The Morgan fingerprint density at radius 3 is 2.77 bits per heavy atom. The summed E-state index contributed by atoms with van der Waals surface area (Å²) in [6.07, 6.45) is 6.10. The Morgan fingerprint density at radius 1 is 1.45 bits per heavy atom. The van der Waals surface area contributed by atoms with Gasteiger partial charge in [-0.3, -0.25) is 14.5 Å². The van der Waals surface area contributed by atoms with Gasteiger partial charge in [0.15, 0.2) is 0 Å². The first-order valence-electron chi connectivity index (χ1n) is 7.26. The lowest BCUT2D eigenvalue weighted by Crippen LogP contribution is -2.43. The monoisotopic (exact) mass is 316 g/mol. The summed E-state index contributed by atoms with van der Waals surface area (Å²) in [7, 11) is 0. The molecule has 5 heteroatoms. The van der Waals surface area contributed by atoms with Crippen LogP contribution >= 0.6 is 11.8 Å². The number of carbonyl (C=O) groups is 2. The second-order valence-electron chi connectivity index (χ2n) is 5.41. The highest BCUT2D eigenvalue weighted by atomic mass is 32.2. The Kier molecular flexibility index (Phi) is 6.05. The van der Waals surface area contributed by atoms with Crippen LogP contribution in [-0.2, 0) is 16.1 Å². The Morgan fingerprint density at radius 2 is 2.18 bits per heavy atom. The molecule has 22 heavy (non-hydrogen) atoms. The fraction of sp³-hybridized carbons (Fsp3) is 0.412. The lowest BCUT2D eigenvalue weighted by molar-refractivity contribution is -0.125. The van der Waals surface area contributed by atoms with Crippen molar-refractivity contribution in [1.82, 2.24) is 10.2 Å². The standard InChI is InChI=1S/C17H20N2O2S/c1-3-9-19(11-14-6-4-13(2)5-7-14)12-16(20)18-15-8-10-22-17(15)21/h1,4-7,15H,8-12H2,2H3,(H,18,20)/t15-/m0/s1. The van der Waals surface area contributed by atoms with E-state index >= 15 is 0 Å². The first kappa shape index (κ1) is 16.6. The molecule has 1 amide bonds. The summed E-state index contributed by atoms with van der Waals surface area (Å²) in [6, 6.07) is 7.81. The van der Waals surface area contributed by atoms with Gasteiger partial charge in [-0.05, 0) is 18.9 Å². The van der Waals surface area contributed by atoms with Gasteiger partial charge >= 0.3 is 0 Å². The van der Waals surface area contributed by atoms with E-state index in [0.29, 0.717) is 19.5 Å². The van der Waals surface area contributed by atoms with E-state index in [-0.39, 0.29) is 23.6 Å². The molecule has 1 aliphatic rings. The minimum Gasteiger partial charge on any atom is -0.344 e. The molecule has 0 spiro atoms. The largest absolute Gasteiger partial charge is 0.344 e. The predicted octanol–water partition coefficient (Wildman–Crippen LogP) is 1.58. The molecule has 0 bridgehead atoms. The zero-order chi connectivity index (χ0) is 15.9. The fourth-order valence-corrected chi connectivity index (χ4v) is 3.25. The second kappa shape index (κ2) is 8.02. The van der Waals surface area contributed by atoms with Crippen LogP contribution in [0.15, 0.2) is 24.3 Å². The summed E-state index contributed by atoms with van der Waals surface area (Å²) in [4.78, 5) is 25.5. The molecule has 1 heterocycles. The van der Waals surface area contributed by atoms with Crippen molar-refractivity contribution in [3.8, 4) is 12.3 Å². The van der Waals surface area contributed by atoms with Crippen LogP contribution in [0, 0.1) is 19.3 Å². The number of amides is 1. The number of hydrogen-bond acceptors (Lipinski definition) is 4. The fourth-order valence-electron chi connectivity index (χ4n) is 2.32. The van der Waals surface area contributed by atoms with E-state index in [1.807, 2.05) is 36.1 Å². The van der Waals surface area contributed by atoms with Crippen LogP contribution in [0.25, 0.3) is 0 Å². The smallest absolute Gasteiger partial charge is 0.234 e. The molecule has 0 saturated carbocycles. The Balaban J connectivity index is 1.90. The molecule has 1 aromatic carbocycles. The number of terminal acetylenes is 1. The van der Waals surface area contributed by atoms with Gasteiger partial charge in [0.1, 0.15) is 0 Å². The molecule has 1 aromatic rings. The van der Waals surface area contributed by atoms with Crippen molar-refractivity contribution < 1.29 is 9.59 Å². The summed E-state index contributed by atoms with van der Waals surface area (Å²) < 4.78 is 0. The summed E-state index contributed by atoms with van der Waals surface area (Å²) in [6.45, 7) is 3.25. The van der Waals surface area contributed by atoms with Gasteiger partial charge in [-0.15, -0.1) is 6.42 Å². The van der Waals surface area contributed by atoms with Crippen LogP contribution in [-0.4, -0.2) is 40.8 Å². The molecule has 116 valence electrons. The zero-order valence-electron chi connectivity index (χ0n) is 12.7. The Bertz CT molecular complexity index is 577. The van der Waals surface area contributed by atoms with Gasteiger partial charge in [0, 0.05) is 12.3 Å². The molecule has 0 aromatic heterocycles. The average Bonchev–Trinajstić information content (AvgIpc) is 2.87. The van der Waals surface area contributed by atoms with Crippen LogP contribution in [0.2, 0.25) is 0 Å². The van der Waals surface area contributed by atoms with Crippen LogP contribution in [0.4, 0.5) is 0 Å². The highest BCUT2D eigenvalue weighted by Crippen LogP contribution is 2.19. The third-order valence-electron chi connectivity index (χ3n) is 3.48. The summed E-state index contributed by atoms with van der Waals surface area (Å²) in [5.41, 5.74) is 2.31. The van der Waals surface area contributed by atoms with E-state index in [0.717, 1.165) is 11.3 Å². The number of nitrogens with one attached hydrogen (secondary N) is 1. The van der Waals surface area contributed by atoms with Crippen molar-refractivity contribution in [3.63, 3.8) is 0 Å². The van der Waals surface area contributed by atoms with E-state index in [2.05, 4.69) is 11.2 Å². The maximum Gasteiger partial charge on any atom is 0.234 e. The van der Waals surface area contributed by atoms with E-state index in [4.69, 9.17) is 6.42 Å². The van der Waals surface area contributed by atoms with Crippen molar-refractivity contribution >= 4 is 22.8 Å². The molecule has 2 rings (SSSR count). The number of carbonyl (C=O) groups excluding carboxylic acids is 2. The van der Waals surface area contributed by atoms with E-state index in [9.17, 15) is 9.59 Å². The van der Waals surface area contributed by atoms with E-state index < -0.39 is 0 Å². The summed E-state index contributed by atoms with van der Waals surface area (Å²) in [5.74, 6) is 3.21. The molecule has 0 radical (unpaired) electrons. The van der Waals surface area contributed by atoms with E-state index in [1.165, 1.54) is 17.3 Å². The van der Waals surface area contributed by atoms with Crippen molar-refractivity contribution in [1.29, 1.82) is 0 Å².